The number of carbonyl (C=O) groups is 1. The summed E-state index contributed by atoms with van der Waals surface area (Å²) in [5, 5.41) is 12.1. The number of thioether (sulfide) groups is 1. The van der Waals surface area contributed by atoms with Gasteiger partial charge >= 0.3 is 0 Å². The molecule has 3 aromatic carbocycles. The van der Waals surface area contributed by atoms with Crippen LogP contribution in [0.2, 0.25) is 0 Å². The van der Waals surface area contributed by atoms with Gasteiger partial charge in [-0.1, -0.05) is 71.4 Å². The van der Waals surface area contributed by atoms with Gasteiger partial charge in [0.2, 0.25) is 17.9 Å². The molecule has 0 bridgehead atoms. The number of rotatable bonds is 6. The zero-order valence-electron chi connectivity index (χ0n) is 18.7. The number of fused-ring (bicyclic) bond motifs is 1. The van der Waals surface area contributed by atoms with Crippen LogP contribution < -0.4 is 14.8 Å². The zero-order valence-corrected chi connectivity index (χ0v) is 19.6. The van der Waals surface area contributed by atoms with Crippen molar-refractivity contribution in [3.8, 4) is 34.0 Å². The number of amides is 1. The van der Waals surface area contributed by atoms with Crippen molar-refractivity contribution in [2.45, 2.75) is 19.0 Å². The van der Waals surface area contributed by atoms with Crippen molar-refractivity contribution in [1.29, 1.82) is 0 Å². The smallest absolute Gasteiger partial charge is 0.234 e. The molecule has 1 N–H and O–H groups in total. The first-order valence-corrected chi connectivity index (χ1v) is 11.7. The molecule has 34 heavy (non-hydrogen) atoms. The van der Waals surface area contributed by atoms with E-state index in [9.17, 15) is 4.79 Å². The van der Waals surface area contributed by atoms with Crippen molar-refractivity contribution < 1.29 is 14.3 Å². The van der Waals surface area contributed by atoms with E-state index in [-0.39, 0.29) is 18.5 Å². The summed E-state index contributed by atoms with van der Waals surface area (Å²) in [6.07, 6.45) is 0. The van der Waals surface area contributed by atoms with Gasteiger partial charge in [-0.2, -0.15) is 0 Å². The van der Waals surface area contributed by atoms with Crippen molar-refractivity contribution in [3.63, 3.8) is 0 Å². The van der Waals surface area contributed by atoms with Gasteiger partial charge in [0.15, 0.2) is 11.5 Å². The lowest BCUT2D eigenvalue weighted by Gasteiger charge is -2.10. The minimum absolute atomic E-state index is 0.146. The van der Waals surface area contributed by atoms with Crippen LogP contribution in [0.15, 0.2) is 71.9 Å². The second-order valence-electron chi connectivity index (χ2n) is 7.93. The Labute approximate surface area is 201 Å². The Morgan fingerprint density at radius 2 is 1.50 bits per heavy atom. The molecule has 0 fully saturated rings. The summed E-state index contributed by atoms with van der Waals surface area (Å²) < 4.78 is 10.7. The van der Waals surface area contributed by atoms with Crippen molar-refractivity contribution in [2.75, 3.05) is 17.9 Å². The van der Waals surface area contributed by atoms with Gasteiger partial charge in [0.05, 0.1) is 5.75 Å². The van der Waals surface area contributed by atoms with E-state index < -0.39 is 0 Å². The number of nitrogens with zero attached hydrogens (tertiary/aromatic N) is 3. The minimum atomic E-state index is -0.174. The van der Waals surface area contributed by atoms with Crippen LogP contribution in [0.5, 0.6) is 11.5 Å². The predicted molar refractivity (Wildman–Crippen MR) is 132 cm³/mol. The molecule has 5 rings (SSSR count). The third kappa shape index (κ3) is 4.87. The number of hydrogen-bond donors (Lipinski definition) is 1. The Morgan fingerprint density at radius 1 is 0.853 bits per heavy atom. The molecule has 2 heterocycles. The monoisotopic (exact) mass is 470 g/mol. The molecular weight excluding hydrogens is 448 g/mol. The van der Waals surface area contributed by atoms with Crippen molar-refractivity contribution in [1.82, 2.24) is 15.2 Å². The average Bonchev–Trinajstić information content (AvgIpc) is 3.32. The molecule has 0 saturated heterocycles. The van der Waals surface area contributed by atoms with Crippen LogP contribution >= 0.6 is 11.8 Å². The molecule has 170 valence electrons. The Hall–Kier alpha value is -3.91. The molecule has 1 amide bonds. The zero-order chi connectivity index (χ0) is 23.5. The Morgan fingerprint density at radius 3 is 2.21 bits per heavy atom. The third-order valence-electron chi connectivity index (χ3n) is 5.31. The summed E-state index contributed by atoms with van der Waals surface area (Å²) in [5.74, 6) is 1.26. The van der Waals surface area contributed by atoms with E-state index in [2.05, 4.69) is 15.5 Å². The standard InChI is InChI=1S/C26H22N4O3S/c1-16-3-7-18(8-4-16)24-25(19-9-5-17(2)6-10-19)29-30-26(28-24)34-14-23(31)27-20-11-12-21-22(13-20)33-15-32-21/h3-13H,14-15H2,1-2H3,(H,27,31). The molecule has 1 aromatic heterocycles. The maximum Gasteiger partial charge on any atom is 0.234 e. The molecular formula is C26H22N4O3S. The molecule has 1 aliphatic rings. The summed E-state index contributed by atoms with van der Waals surface area (Å²) in [7, 11) is 0. The van der Waals surface area contributed by atoms with E-state index in [0.717, 1.165) is 22.4 Å². The first-order valence-electron chi connectivity index (χ1n) is 10.8. The molecule has 8 heteroatoms. The first-order chi connectivity index (χ1) is 16.5. The van der Waals surface area contributed by atoms with Gasteiger partial charge in [-0.3, -0.25) is 4.79 Å². The summed E-state index contributed by atoms with van der Waals surface area (Å²) in [6, 6.07) is 21.6. The molecule has 0 unspecified atom stereocenters. The second-order valence-corrected chi connectivity index (χ2v) is 8.87. The molecule has 0 saturated carbocycles. The number of benzene rings is 3. The molecule has 0 atom stereocenters. The third-order valence-corrected chi connectivity index (χ3v) is 6.14. The highest BCUT2D eigenvalue weighted by molar-refractivity contribution is 7.99. The average molecular weight is 471 g/mol. The van der Waals surface area contributed by atoms with E-state index in [1.54, 1.807) is 18.2 Å². The highest BCUT2D eigenvalue weighted by atomic mass is 32.2. The van der Waals surface area contributed by atoms with Gasteiger partial charge < -0.3 is 14.8 Å². The van der Waals surface area contributed by atoms with E-state index in [1.165, 1.54) is 17.3 Å². The van der Waals surface area contributed by atoms with Crippen LogP contribution in [-0.4, -0.2) is 33.6 Å². The van der Waals surface area contributed by atoms with E-state index in [0.29, 0.717) is 28.0 Å². The van der Waals surface area contributed by atoms with Crippen LogP contribution in [-0.2, 0) is 4.79 Å². The lowest BCUT2D eigenvalue weighted by Crippen LogP contribution is -2.14. The molecule has 0 aliphatic carbocycles. The fourth-order valence-electron chi connectivity index (χ4n) is 3.49. The van der Waals surface area contributed by atoms with Gasteiger partial charge in [0.25, 0.3) is 0 Å². The fourth-order valence-corrected chi connectivity index (χ4v) is 4.08. The predicted octanol–water partition coefficient (Wildman–Crippen LogP) is 5.28. The lowest BCUT2D eigenvalue weighted by atomic mass is 10.0. The van der Waals surface area contributed by atoms with Gasteiger partial charge in [-0.15, -0.1) is 10.2 Å². The second kappa shape index (κ2) is 9.52. The number of ether oxygens (including phenoxy) is 2. The normalized spacial score (nSPS) is 11.9. The Kier molecular flexibility index (Phi) is 6.14. The Balaban J connectivity index is 1.35. The highest BCUT2D eigenvalue weighted by Crippen LogP contribution is 2.34. The van der Waals surface area contributed by atoms with Crippen LogP contribution in [0, 0.1) is 13.8 Å². The van der Waals surface area contributed by atoms with Crippen LogP contribution in [0.1, 0.15) is 11.1 Å². The van der Waals surface area contributed by atoms with Crippen LogP contribution in [0.3, 0.4) is 0 Å². The number of aryl methyl sites for hydroxylation is 2. The number of hydrogen-bond acceptors (Lipinski definition) is 7. The van der Waals surface area contributed by atoms with E-state index in [4.69, 9.17) is 14.5 Å². The molecule has 0 radical (unpaired) electrons. The van der Waals surface area contributed by atoms with E-state index >= 15 is 0 Å². The summed E-state index contributed by atoms with van der Waals surface area (Å²) in [5.41, 5.74) is 6.31. The molecule has 1 aliphatic heterocycles. The lowest BCUT2D eigenvalue weighted by molar-refractivity contribution is -0.113. The maximum absolute atomic E-state index is 12.5. The molecule has 7 nitrogen and oxygen atoms in total. The molecule has 4 aromatic rings. The number of carbonyl (C=O) groups excluding carboxylic acids is 1. The topological polar surface area (TPSA) is 86.2 Å². The number of anilines is 1. The van der Waals surface area contributed by atoms with Crippen molar-refractivity contribution in [3.05, 3.63) is 77.9 Å². The first kappa shape index (κ1) is 21.9. The van der Waals surface area contributed by atoms with Gasteiger partial charge in [0, 0.05) is 22.9 Å². The Bertz CT molecular complexity index is 1340. The summed E-state index contributed by atoms with van der Waals surface area (Å²) >= 11 is 1.24. The largest absolute Gasteiger partial charge is 0.454 e. The van der Waals surface area contributed by atoms with Crippen molar-refractivity contribution in [2.24, 2.45) is 0 Å². The van der Waals surface area contributed by atoms with Gasteiger partial charge in [-0.05, 0) is 26.0 Å². The molecule has 0 spiro atoms. The highest BCUT2D eigenvalue weighted by Gasteiger charge is 2.16. The van der Waals surface area contributed by atoms with Gasteiger partial charge in [-0.25, -0.2) is 4.98 Å². The maximum atomic E-state index is 12.5. The summed E-state index contributed by atoms with van der Waals surface area (Å²) in [6.45, 7) is 4.28. The van der Waals surface area contributed by atoms with Crippen LogP contribution in [0.25, 0.3) is 22.5 Å². The summed E-state index contributed by atoms with van der Waals surface area (Å²) in [4.78, 5) is 17.3. The fraction of sp³-hybridized carbons (Fsp3) is 0.154. The van der Waals surface area contributed by atoms with Gasteiger partial charge in [0.1, 0.15) is 11.4 Å². The minimum Gasteiger partial charge on any atom is -0.454 e. The van der Waals surface area contributed by atoms with Crippen LogP contribution in [0.4, 0.5) is 5.69 Å². The van der Waals surface area contributed by atoms with E-state index in [1.807, 2.05) is 62.4 Å². The number of aromatic nitrogens is 3. The number of nitrogens with one attached hydrogen (secondary N) is 1. The quantitative estimate of drug-likeness (QED) is 0.384. The SMILES string of the molecule is Cc1ccc(-c2nnc(SCC(=O)Nc3ccc4c(c3)OCO4)nc2-c2ccc(C)cc2)cc1. The van der Waals surface area contributed by atoms with Crippen molar-refractivity contribution >= 4 is 23.4 Å².